The molecule has 0 saturated heterocycles. The Labute approximate surface area is 113 Å². The van der Waals surface area contributed by atoms with E-state index in [1.807, 2.05) is 25.9 Å². The molecule has 0 atom stereocenters. The van der Waals surface area contributed by atoms with Crippen molar-refractivity contribution in [1.82, 2.24) is 10.6 Å². The molecule has 4 N–H and O–H groups in total. The van der Waals surface area contributed by atoms with Crippen molar-refractivity contribution in [2.75, 3.05) is 37.8 Å². The Hall–Kier alpha value is -2.24. The number of nitrogens with zero attached hydrogens (tertiary/aromatic N) is 1. The van der Waals surface area contributed by atoms with Crippen LogP contribution >= 0.6 is 0 Å². The van der Waals surface area contributed by atoms with Crippen molar-refractivity contribution in [1.29, 1.82) is 0 Å². The molecule has 6 nitrogen and oxygen atoms in total. The van der Waals surface area contributed by atoms with Gasteiger partial charge in [-0.05, 0) is 25.1 Å². The summed E-state index contributed by atoms with van der Waals surface area (Å²) in [7, 11) is 3.68. The van der Waals surface area contributed by atoms with E-state index in [2.05, 4.69) is 10.6 Å². The smallest absolute Gasteiger partial charge is 0.253 e. The van der Waals surface area contributed by atoms with Crippen LogP contribution in [0.4, 0.5) is 11.4 Å². The van der Waals surface area contributed by atoms with E-state index in [0.717, 1.165) is 5.69 Å². The molecule has 0 fully saturated rings. The molecule has 0 aliphatic heterocycles. The number of nitrogens with two attached hydrogens (primary N) is 1. The summed E-state index contributed by atoms with van der Waals surface area (Å²) in [5.41, 5.74) is 7.40. The second kappa shape index (κ2) is 6.63. The van der Waals surface area contributed by atoms with Crippen LogP contribution in [-0.4, -0.2) is 39.0 Å². The average Bonchev–Trinajstić information content (AvgIpc) is 2.35. The Morgan fingerprint density at radius 1 is 1.26 bits per heavy atom. The largest absolute Gasteiger partial charge is 0.399 e. The SMILES string of the molecule is CCNC(=O)CNC(=O)c1cc(N)ccc1N(C)C. The van der Waals surface area contributed by atoms with Gasteiger partial charge in [-0.2, -0.15) is 0 Å². The summed E-state index contributed by atoms with van der Waals surface area (Å²) in [5, 5.41) is 5.19. The number of carbonyl (C=O) groups excluding carboxylic acids is 2. The number of amides is 2. The number of nitrogen functional groups attached to an aromatic ring is 1. The van der Waals surface area contributed by atoms with Gasteiger partial charge in [0.2, 0.25) is 5.91 Å². The van der Waals surface area contributed by atoms with Crippen molar-refractivity contribution >= 4 is 23.2 Å². The fourth-order valence-electron chi connectivity index (χ4n) is 1.64. The molecule has 0 aromatic heterocycles. The van der Waals surface area contributed by atoms with E-state index in [0.29, 0.717) is 17.8 Å². The van der Waals surface area contributed by atoms with Crippen LogP contribution in [0.5, 0.6) is 0 Å². The van der Waals surface area contributed by atoms with Crippen molar-refractivity contribution in [2.45, 2.75) is 6.92 Å². The van der Waals surface area contributed by atoms with Crippen molar-refractivity contribution in [3.8, 4) is 0 Å². The molecule has 1 aromatic carbocycles. The average molecular weight is 264 g/mol. The summed E-state index contributed by atoms with van der Waals surface area (Å²) >= 11 is 0. The maximum atomic E-state index is 12.1. The van der Waals surface area contributed by atoms with E-state index in [-0.39, 0.29) is 18.4 Å². The van der Waals surface area contributed by atoms with Crippen molar-refractivity contribution in [3.63, 3.8) is 0 Å². The number of anilines is 2. The second-order valence-electron chi connectivity index (χ2n) is 4.31. The van der Waals surface area contributed by atoms with Crippen LogP contribution in [0.3, 0.4) is 0 Å². The molecule has 0 radical (unpaired) electrons. The number of hydrogen-bond donors (Lipinski definition) is 3. The number of rotatable bonds is 5. The lowest BCUT2D eigenvalue weighted by Crippen LogP contribution is -2.37. The molecule has 2 amide bonds. The predicted octanol–water partition coefficient (Wildman–Crippen LogP) is 0.201. The zero-order valence-corrected chi connectivity index (χ0v) is 11.5. The summed E-state index contributed by atoms with van der Waals surface area (Å²) < 4.78 is 0. The van der Waals surface area contributed by atoms with Gasteiger partial charge in [-0.3, -0.25) is 9.59 Å². The molecule has 104 valence electrons. The third-order valence-electron chi connectivity index (χ3n) is 2.53. The predicted molar refractivity (Wildman–Crippen MR) is 76.2 cm³/mol. The summed E-state index contributed by atoms with van der Waals surface area (Å²) in [6.45, 7) is 2.31. The van der Waals surface area contributed by atoms with Gasteiger partial charge in [0.15, 0.2) is 0 Å². The van der Waals surface area contributed by atoms with Gasteiger partial charge in [0.1, 0.15) is 0 Å². The van der Waals surface area contributed by atoms with Gasteiger partial charge < -0.3 is 21.3 Å². The zero-order chi connectivity index (χ0) is 14.4. The topological polar surface area (TPSA) is 87.5 Å². The summed E-state index contributed by atoms with van der Waals surface area (Å²) in [6.07, 6.45) is 0. The van der Waals surface area contributed by atoms with Gasteiger partial charge in [0, 0.05) is 32.0 Å². The molecular formula is C13H20N4O2. The summed E-state index contributed by atoms with van der Waals surface area (Å²) in [4.78, 5) is 25.2. The monoisotopic (exact) mass is 264 g/mol. The Morgan fingerprint density at radius 3 is 2.53 bits per heavy atom. The summed E-state index contributed by atoms with van der Waals surface area (Å²) in [5.74, 6) is -0.534. The molecule has 1 aromatic rings. The third-order valence-corrected chi connectivity index (χ3v) is 2.53. The second-order valence-corrected chi connectivity index (χ2v) is 4.31. The highest BCUT2D eigenvalue weighted by Crippen LogP contribution is 2.21. The molecule has 0 aliphatic carbocycles. The van der Waals surface area contributed by atoms with E-state index in [1.165, 1.54) is 0 Å². The highest BCUT2D eigenvalue weighted by molar-refractivity contribution is 6.02. The number of likely N-dealkylation sites (N-methyl/N-ethyl adjacent to an activating group) is 1. The molecular weight excluding hydrogens is 244 g/mol. The molecule has 0 spiro atoms. The minimum Gasteiger partial charge on any atom is -0.399 e. The van der Waals surface area contributed by atoms with Gasteiger partial charge in [-0.25, -0.2) is 0 Å². The molecule has 0 heterocycles. The number of benzene rings is 1. The van der Waals surface area contributed by atoms with E-state index >= 15 is 0 Å². The van der Waals surface area contributed by atoms with Crippen LogP contribution in [0, 0.1) is 0 Å². The normalized spacial score (nSPS) is 9.84. The van der Waals surface area contributed by atoms with Gasteiger partial charge in [-0.15, -0.1) is 0 Å². The van der Waals surface area contributed by atoms with Crippen LogP contribution in [0.1, 0.15) is 17.3 Å². The fourth-order valence-corrected chi connectivity index (χ4v) is 1.64. The van der Waals surface area contributed by atoms with Crippen LogP contribution in [-0.2, 0) is 4.79 Å². The number of carbonyl (C=O) groups is 2. The maximum Gasteiger partial charge on any atom is 0.253 e. The first-order valence-corrected chi connectivity index (χ1v) is 6.07. The lowest BCUT2D eigenvalue weighted by molar-refractivity contribution is -0.120. The van der Waals surface area contributed by atoms with Crippen molar-refractivity contribution in [2.24, 2.45) is 0 Å². The molecule has 0 bridgehead atoms. The highest BCUT2D eigenvalue weighted by Gasteiger charge is 2.14. The first-order chi connectivity index (χ1) is 8.95. The molecule has 19 heavy (non-hydrogen) atoms. The lowest BCUT2D eigenvalue weighted by Gasteiger charge is -2.17. The minimum atomic E-state index is -0.317. The standard InChI is InChI=1S/C13H20N4O2/c1-4-15-12(18)8-16-13(19)10-7-9(14)5-6-11(10)17(2)3/h5-7H,4,8,14H2,1-3H3,(H,15,18)(H,16,19). The van der Waals surface area contributed by atoms with Gasteiger partial charge in [0.25, 0.3) is 5.91 Å². The molecule has 0 saturated carbocycles. The van der Waals surface area contributed by atoms with E-state index < -0.39 is 0 Å². The first kappa shape index (κ1) is 14.8. The molecule has 6 heteroatoms. The Balaban J connectivity index is 2.81. The van der Waals surface area contributed by atoms with E-state index in [1.54, 1.807) is 18.2 Å². The van der Waals surface area contributed by atoms with Crippen LogP contribution in [0.2, 0.25) is 0 Å². The number of hydrogen-bond acceptors (Lipinski definition) is 4. The Morgan fingerprint density at radius 2 is 1.95 bits per heavy atom. The van der Waals surface area contributed by atoms with Gasteiger partial charge in [0.05, 0.1) is 12.1 Å². The third kappa shape index (κ3) is 4.17. The van der Waals surface area contributed by atoms with Crippen LogP contribution in [0.15, 0.2) is 18.2 Å². The Bertz CT molecular complexity index is 472. The van der Waals surface area contributed by atoms with E-state index in [9.17, 15) is 9.59 Å². The quantitative estimate of drug-likeness (QED) is 0.663. The molecule has 0 unspecified atom stereocenters. The van der Waals surface area contributed by atoms with Gasteiger partial charge in [-0.1, -0.05) is 0 Å². The highest BCUT2D eigenvalue weighted by atomic mass is 16.2. The van der Waals surface area contributed by atoms with Crippen LogP contribution < -0.4 is 21.3 Å². The fraction of sp³-hybridized carbons (Fsp3) is 0.385. The zero-order valence-electron chi connectivity index (χ0n) is 11.5. The van der Waals surface area contributed by atoms with E-state index in [4.69, 9.17) is 5.73 Å². The summed E-state index contributed by atoms with van der Waals surface area (Å²) in [6, 6.07) is 5.11. The molecule has 1 rings (SSSR count). The number of nitrogens with one attached hydrogen (secondary N) is 2. The lowest BCUT2D eigenvalue weighted by atomic mass is 10.1. The van der Waals surface area contributed by atoms with Crippen molar-refractivity contribution < 1.29 is 9.59 Å². The minimum absolute atomic E-state index is 0.0473. The first-order valence-electron chi connectivity index (χ1n) is 6.07. The molecule has 0 aliphatic rings. The Kier molecular flexibility index (Phi) is 5.17. The van der Waals surface area contributed by atoms with Gasteiger partial charge >= 0.3 is 0 Å². The van der Waals surface area contributed by atoms with Crippen molar-refractivity contribution in [3.05, 3.63) is 23.8 Å². The van der Waals surface area contributed by atoms with Crippen LogP contribution in [0.25, 0.3) is 0 Å². The maximum absolute atomic E-state index is 12.1.